The summed E-state index contributed by atoms with van der Waals surface area (Å²) in [7, 11) is 1.69. The van der Waals surface area contributed by atoms with Crippen LogP contribution >= 0.6 is 0 Å². The molecule has 1 aromatic carbocycles. The first kappa shape index (κ1) is 17.8. The minimum Gasteiger partial charge on any atom is -0.496 e. The Hall–Kier alpha value is -2.56. The molecule has 1 aromatic heterocycles. The quantitative estimate of drug-likeness (QED) is 0.633. The number of nitrogens with zero attached hydrogens (tertiary/aromatic N) is 2. The molecule has 128 valence electrons. The largest absolute Gasteiger partial charge is 0.496 e. The lowest BCUT2D eigenvalue weighted by Gasteiger charge is -2.15. The fourth-order valence-electron chi connectivity index (χ4n) is 2.51. The second-order valence-corrected chi connectivity index (χ2v) is 5.58. The summed E-state index contributed by atoms with van der Waals surface area (Å²) in [4.78, 5) is 9.14. The van der Waals surface area contributed by atoms with Gasteiger partial charge in [0.1, 0.15) is 5.75 Å². The summed E-state index contributed by atoms with van der Waals surface area (Å²) in [6.45, 7) is 8.14. The summed E-state index contributed by atoms with van der Waals surface area (Å²) in [6.07, 6.45) is 1.84. The highest BCUT2D eigenvalue weighted by Gasteiger charge is 2.09. The fourth-order valence-corrected chi connectivity index (χ4v) is 2.51. The Morgan fingerprint density at radius 1 is 1.17 bits per heavy atom. The molecular weight excluding hydrogens is 300 g/mol. The van der Waals surface area contributed by atoms with Crippen LogP contribution in [0.25, 0.3) is 0 Å². The lowest BCUT2D eigenvalue weighted by atomic mass is 10.1. The second-order valence-electron chi connectivity index (χ2n) is 5.58. The van der Waals surface area contributed by atoms with Gasteiger partial charge in [-0.25, -0.2) is 4.99 Å². The molecule has 0 saturated carbocycles. The molecule has 0 unspecified atom stereocenters. The third-order valence-electron chi connectivity index (χ3n) is 3.78. The molecular formula is C19H26N4O. The smallest absolute Gasteiger partial charge is 0.191 e. The van der Waals surface area contributed by atoms with Crippen molar-refractivity contribution in [2.24, 2.45) is 4.99 Å². The maximum Gasteiger partial charge on any atom is 0.191 e. The molecule has 5 nitrogen and oxygen atoms in total. The number of hydrogen-bond acceptors (Lipinski definition) is 3. The molecule has 0 aliphatic carbocycles. The van der Waals surface area contributed by atoms with Crippen LogP contribution in [0.15, 0.2) is 41.5 Å². The van der Waals surface area contributed by atoms with Gasteiger partial charge in [-0.05, 0) is 26.3 Å². The number of nitrogens with one attached hydrogen (secondary N) is 2. The SMILES string of the molecule is CCNC(=NCc1ccccc1)NCc1ncc(C)c(OC)c1C. The van der Waals surface area contributed by atoms with E-state index in [2.05, 4.69) is 39.7 Å². The fraction of sp³-hybridized carbons (Fsp3) is 0.368. The molecule has 0 amide bonds. The van der Waals surface area contributed by atoms with Crippen molar-refractivity contribution in [3.8, 4) is 5.75 Å². The minimum absolute atomic E-state index is 0.600. The number of hydrogen-bond donors (Lipinski definition) is 2. The number of rotatable bonds is 6. The summed E-state index contributed by atoms with van der Waals surface area (Å²) in [6, 6.07) is 10.2. The number of benzene rings is 1. The van der Waals surface area contributed by atoms with Crippen molar-refractivity contribution in [1.82, 2.24) is 15.6 Å². The Labute approximate surface area is 144 Å². The molecule has 0 saturated heterocycles. The molecule has 24 heavy (non-hydrogen) atoms. The van der Waals surface area contributed by atoms with E-state index in [9.17, 15) is 0 Å². The standard InChI is InChI=1S/C19H26N4O/c1-5-20-19(22-12-16-9-7-6-8-10-16)23-13-17-15(3)18(24-4)14(2)11-21-17/h6-11H,5,12-13H2,1-4H3,(H2,20,22,23). The summed E-state index contributed by atoms with van der Waals surface area (Å²) < 4.78 is 5.46. The number of aliphatic imine (C=N–C) groups is 1. The average Bonchev–Trinajstić information content (AvgIpc) is 2.60. The van der Waals surface area contributed by atoms with Gasteiger partial charge in [-0.1, -0.05) is 30.3 Å². The minimum atomic E-state index is 0.600. The summed E-state index contributed by atoms with van der Waals surface area (Å²) >= 11 is 0. The van der Waals surface area contributed by atoms with Crippen molar-refractivity contribution in [3.05, 3.63) is 58.9 Å². The molecule has 1 heterocycles. The van der Waals surface area contributed by atoms with Crippen molar-refractivity contribution in [3.63, 3.8) is 0 Å². The van der Waals surface area contributed by atoms with Crippen LogP contribution in [-0.4, -0.2) is 24.6 Å². The molecule has 2 aromatic rings. The zero-order valence-electron chi connectivity index (χ0n) is 14.9. The van der Waals surface area contributed by atoms with E-state index in [1.807, 2.05) is 38.2 Å². The first-order chi connectivity index (χ1) is 11.7. The van der Waals surface area contributed by atoms with E-state index in [0.717, 1.165) is 35.1 Å². The zero-order valence-corrected chi connectivity index (χ0v) is 14.9. The molecule has 0 fully saturated rings. The number of ether oxygens (including phenoxy) is 1. The van der Waals surface area contributed by atoms with Gasteiger partial charge in [-0.15, -0.1) is 0 Å². The van der Waals surface area contributed by atoms with Gasteiger partial charge in [0.05, 0.1) is 25.9 Å². The first-order valence-corrected chi connectivity index (χ1v) is 8.20. The predicted molar refractivity (Wildman–Crippen MR) is 98.4 cm³/mol. The monoisotopic (exact) mass is 326 g/mol. The normalized spacial score (nSPS) is 11.2. The lowest BCUT2D eigenvalue weighted by Crippen LogP contribution is -2.37. The maximum atomic E-state index is 5.46. The molecule has 0 aliphatic heterocycles. The average molecular weight is 326 g/mol. The van der Waals surface area contributed by atoms with Gasteiger partial charge in [0, 0.05) is 23.9 Å². The third-order valence-corrected chi connectivity index (χ3v) is 3.78. The van der Waals surface area contributed by atoms with Gasteiger partial charge in [-0.2, -0.15) is 0 Å². The van der Waals surface area contributed by atoms with Crippen molar-refractivity contribution >= 4 is 5.96 Å². The van der Waals surface area contributed by atoms with E-state index in [4.69, 9.17) is 4.74 Å². The van der Waals surface area contributed by atoms with Crippen LogP contribution in [-0.2, 0) is 13.1 Å². The van der Waals surface area contributed by atoms with Gasteiger partial charge < -0.3 is 15.4 Å². The highest BCUT2D eigenvalue weighted by atomic mass is 16.5. The van der Waals surface area contributed by atoms with Crippen LogP contribution < -0.4 is 15.4 Å². The molecule has 5 heteroatoms. The summed E-state index contributed by atoms with van der Waals surface area (Å²) in [5.74, 6) is 1.68. The molecule has 0 aliphatic rings. The van der Waals surface area contributed by atoms with E-state index in [-0.39, 0.29) is 0 Å². The highest BCUT2D eigenvalue weighted by molar-refractivity contribution is 5.79. The van der Waals surface area contributed by atoms with Gasteiger partial charge in [0.15, 0.2) is 5.96 Å². The Balaban J connectivity index is 2.06. The van der Waals surface area contributed by atoms with Crippen LogP contribution in [0.4, 0.5) is 0 Å². The number of aryl methyl sites for hydroxylation is 1. The van der Waals surface area contributed by atoms with E-state index in [0.29, 0.717) is 13.1 Å². The van der Waals surface area contributed by atoms with Crippen molar-refractivity contribution in [2.45, 2.75) is 33.9 Å². The number of pyridine rings is 1. The first-order valence-electron chi connectivity index (χ1n) is 8.20. The van der Waals surface area contributed by atoms with Crippen molar-refractivity contribution in [1.29, 1.82) is 0 Å². The number of guanidine groups is 1. The molecule has 0 spiro atoms. The van der Waals surface area contributed by atoms with Crippen LogP contribution in [0.5, 0.6) is 5.75 Å². The molecule has 0 atom stereocenters. The van der Waals surface area contributed by atoms with Gasteiger partial charge in [0.2, 0.25) is 0 Å². The summed E-state index contributed by atoms with van der Waals surface area (Å²) in [5.41, 5.74) is 4.25. The van der Waals surface area contributed by atoms with Crippen molar-refractivity contribution in [2.75, 3.05) is 13.7 Å². The van der Waals surface area contributed by atoms with Crippen molar-refractivity contribution < 1.29 is 4.74 Å². The van der Waals surface area contributed by atoms with Crippen LogP contribution in [0.3, 0.4) is 0 Å². The van der Waals surface area contributed by atoms with Crippen LogP contribution in [0.1, 0.15) is 29.3 Å². The maximum absolute atomic E-state index is 5.46. The number of methoxy groups -OCH3 is 1. The lowest BCUT2D eigenvalue weighted by molar-refractivity contribution is 0.406. The third kappa shape index (κ3) is 4.72. The van der Waals surface area contributed by atoms with Crippen LogP contribution in [0, 0.1) is 13.8 Å². The van der Waals surface area contributed by atoms with E-state index < -0.39 is 0 Å². The molecule has 0 bridgehead atoms. The van der Waals surface area contributed by atoms with Gasteiger partial charge in [-0.3, -0.25) is 4.98 Å². The Morgan fingerprint density at radius 3 is 2.58 bits per heavy atom. The molecule has 2 rings (SSSR count). The van der Waals surface area contributed by atoms with Gasteiger partial charge >= 0.3 is 0 Å². The number of aromatic nitrogens is 1. The predicted octanol–water partition coefficient (Wildman–Crippen LogP) is 2.96. The Bertz CT molecular complexity index is 683. The van der Waals surface area contributed by atoms with E-state index >= 15 is 0 Å². The zero-order chi connectivity index (χ0) is 17.4. The van der Waals surface area contributed by atoms with Gasteiger partial charge in [0.25, 0.3) is 0 Å². The Kier molecular flexibility index (Phi) is 6.61. The van der Waals surface area contributed by atoms with E-state index in [1.54, 1.807) is 7.11 Å². The second kappa shape index (κ2) is 8.91. The topological polar surface area (TPSA) is 58.5 Å². The van der Waals surface area contributed by atoms with Crippen LogP contribution in [0.2, 0.25) is 0 Å². The summed E-state index contributed by atoms with van der Waals surface area (Å²) in [5, 5.41) is 6.60. The molecule has 0 radical (unpaired) electrons. The molecule has 2 N–H and O–H groups in total. The highest BCUT2D eigenvalue weighted by Crippen LogP contribution is 2.23. The Morgan fingerprint density at radius 2 is 1.92 bits per heavy atom. The van der Waals surface area contributed by atoms with E-state index in [1.165, 1.54) is 5.56 Å².